The molecule has 0 radical (unpaired) electrons. The van der Waals surface area contributed by atoms with Crippen LogP contribution in [0, 0.1) is 0 Å². The highest BCUT2D eigenvalue weighted by Crippen LogP contribution is 2.23. The molecule has 0 fully saturated rings. The van der Waals surface area contributed by atoms with Crippen LogP contribution in [0.15, 0.2) is 54.7 Å². The van der Waals surface area contributed by atoms with Crippen LogP contribution in [0.5, 0.6) is 0 Å². The van der Waals surface area contributed by atoms with Crippen molar-refractivity contribution in [1.82, 2.24) is 4.98 Å². The fourth-order valence-corrected chi connectivity index (χ4v) is 2.05. The number of halogens is 1. The smallest absolute Gasteiger partial charge is 0.0474 e. The molecule has 3 rings (SSSR count). The van der Waals surface area contributed by atoms with Crippen molar-refractivity contribution in [3.05, 3.63) is 59.8 Å². The van der Waals surface area contributed by atoms with Gasteiger partial charge in [-0.05, 0) is 41.8 Å². The number of hydrogen-bond donors (Lipinski definition) is 2. The molecule has 0 aliphatic heterocycles. The van der Waals surface area contributed by atoms with Gasteiger partial charge in [0.25, 0.3) is 0 Å². The second kappa shape index (κ2) is 4.15. The molecule has 2 aromatic carbocycles. The number of aromatic amines is 1. The average molecular weight is 243 g/mol. The van der Waals surface area contributed by atoms with E-state index in [0.29, 0.717) is 0 Å². The molecule has 0 spiro atoms. The molecule has 0 aliphatic carbocycles. The van der Waals surface area contributed by atoms with E-state index in [1.54, 1.807) is 0 Å². The SMILES string of the molecule is Clc1cccc(Nc2ccc3cc[nH]c3c2)c1. The monoisotopic (exact) mass is 242 g/mol. The van der Waals surface area contributed by atoms with E-state index in [0.717, 1.165) is 21.9 Å². The van der Waals surface area contributed by atoms with Gasteiger partial charge in [0.05, 0.1) is 0 Å². The van der Waals surface area contributed by atoms with Gasteiger partial charge in [0.1, 0.15) is 0 Å². The van der Waals surface area contributed by atoms with Gasteiger partial charge in [-0.3, -0.25) is 0 Å². The summed E-state index contributed by atoms with van der Waals surface area (Å²) in [4.78, 5) is 3.19. The maximum Gasteiger partial charge on any atom is 0.0474 e. The van der Waals surface area contributed by atoms with E-state index in [4.69, 9.17) is 11.6 Å². The lowest BCUT2D eigenvalue weighted by atomic mass is 10.2. The van der Waals surface area contributed by atoms with Gasteiger partial charge < -0.3 is 10.3 Å². The molecule has 0 unspecified atom stereocenters. The number of rotatable bonds is 2. The first-order chi connectivity index (χ1) is 8.31. The normalized spacial score (nSPS) is 10.6. The zero-order valence-electron chi connectivity index (χ0n) is 9.07. The van der Waals surface area contributed by atoms with Gasteiger partial charge in [-0.25, -0.2) is 0 Å². The van der Waals surface area contributed by atoms with Crippen LogP contribution in [0.1, 0.15) is 0 Å². The highest BCUT2D eigenvalue weighted by atomic mass is 35.5. The van der Waals surface area contributed by atoms with Crippen molar-refractivity contribution in [2.75, 3.05) is 5.32 Å². The van der Waals surface area contributed by atoms with Crippen molar-refractivity contribution >= 4 is 33.9 Å². The molecule has 3 aromatic rings. The zero-order chi connectivity index (χ0) is 11.7. The van der Waals surface area contributed by atoms with Gasteiger partial charge in [-0.15, -0.1) is 0 Å². The van der Waals surface area contributed by atoms with E-state index < -0.39 is 0 Å². The second-order valence-corrected chi connectivity index (χ2v) is 4.35. The maximum absolute atomic E-state index is 5.94. The van der Waals surface area contributed by atoms with E-state index in [2.05, 4.69) is 34.6 Å². The molecule has 2 nitrogen and oxygen atoms in total. The van der Waals surface area contributed by atoms with E-state index >= 15 is 0 Å². The third-order valence-corrected chi connectivity index (χ3v) is 2.90. The van der Waals surface area contributed by atoms with Crippen molar-refractivity contribution in [2.24, 2.45) is 0 Å². The van der Waals surface area contributed by atoms with Crippen LogP contribution in [0.3, 0.4) is 0 Å². The molecule has 0 atom stereocenters. The Labute approximate surface area is 104 Å². The molecule has 0 saturated carbocycles. The van der Waals surface area contributed by atoms with Gasteiger partial charge in [0, 0.05) is 28.1 Å². The minimum absolute atomic E-state index is 0.732. The van der Waals surface area contributed by atoms with E-state index in [-0.39, 0.29) is 0 Å². The molecule has 1 aromatic heterocycles. The third kappa shape index (κ3) is 2.12. The lowest BCUT2D eigenvalue weighted by molar-refractivity contribution is 1.47. The fraction of sp³-hybridized carbons (Fsp3) is 0. The molecule has 84 valence electrons. The Morgan fingerprint density at radius 1 is 0.941 bits per heavy atom. The third-order valence-electron chi connectivity index (χ3n) is 2.67. The lowest BCUT2D eigenvalue weighted by Gasteiger charge is -2.06. The van der Waals surface area contributed by atoms with E-state index in [1.807, 2.05) is 30.5 Å². The second-order valence-electron chi connectivity index (χ2n) is 3.92. The van der Waals surface area contributed by atoms with Crippen LogP contribution in [-0.4, -0.2) is 4.98 Å². The molecule has 3 heteroatoms. The molecular formula is C14H11ClN2. The molecule has 1 heterocycles. The topological polar surface area (TPSA) is 27.8 Å². The van der Waals surface area contributed by atoms with Crippen molar-refractivity contribution in [3.63, 3.8) is 0 Å². The number of nitrogens with one attached hydrogen (secondary N) is 2. The highest BCUT2D eigenvalue weighted by Gasteiger charge is 1.98. The minimum Gasteiger partial charge on any atom is -0.361 e. The first-order valence-electron chi connectivity index (χ1n) is 5.41. The molecular weight excluding hydrogens is 232 g/mol. The minimum atomic E-state index is 0.732. The predicted octanol–water partition coefficient (Wildman–Crippen LogP) is 4.56. The van der Waals surface area contributed by atoms with Gasteiger partial charge >= 0.3 is 0 Å². The summed E-state index contributed by atoms with van der Waals surface area (Å²) in [5.41, 5.74) is 3.16. The number of aromatic nitrogens is 1. The van der Waals surface area contributed by atoms with Crippen molar-refractivity contribution in [3.8, 4) is 0 Å². The van der Waals surface area contributed by atoms with Gasteiger partial charge in [0.15, 0.2) is 0 Å². The number of benzene rings is 2. The maximum atomic E-state index is 5.94. The number of hydrogen-bond acceptors (Lipinski definition) is 1. The average Bonchev–Trinajstić information content (AvgIpc) is 2.76. The van der Waals surface area contributed by atoms with Crippen LogP contribution >= 0.6 is 11.6 Å². The molecule has 17 heavy (non-hydrogen) atoms. The summed E-state index contributed by atoms with van der Waals surface area (Å²) in [6.45, 7) is 0. The first kappa shape index (κ1) is 10.2. The summed E-state index contributed by atoms with van der Waals surface area (Å²) in [6.07, 6.45) is 1.94. The predicted molar refractivity (Wildman–Crippen MR) is 73.0 cm³/mol. The zero-order valence-corrected chi connectivity index (χ0v) is 9.83. The van der Waals surface area contributed by atoms with Crippen LogP contribution in [0.25, 0.3) is 10.9 Å². The lowest BCUT2D eigenvalue weighted by Crippen LogP contribution is -1.89. The largest absolute Gasteiger partial charge is 0.361 e. The Hall–Kier alpha value is -1.93. The number of anilines is 2. The molecule has 0 amide bonds. The Balaban J connectivity index is 1.94. The van der Waals surface area contributed by atoms with Crippen LogP contribution in [0.2, 0.25) is 5.02 Å². The quantitative estimate of drug-likeness (QED) is 0.677. The van der Waals surface area contributed by atoms with Gasteiger partial charge in [-0.1, -0.05) is 23.7 Å². The summed E-state index contributed by atoms with van der Waals surface area (Å²) >= 11 is 5.94. The molecule has 0 saturated heterocycles. The van der Waals surface area contributed by atoms with Gasteiger partial charge in [-0.2, -0.15) is 0 Å². The van der Waals surface area contributed by atoms with Crippen molar-refractivity contribution in [1.29, 1.82) is 0 Å². The Morgan fingerprint density at radius 2 is 1.82 bits per heavy atom. The van der Waals surface area contributed by atoms with Gasteiger partial charge in [0.2, 0.25) is 0 Å². The van der Waals surface area contributed by atoms with E-state index in [1.165, 1.54) is 5.39 Å². The number of fused-ring (bicyclic) bond motifs is 1. The van der Waals surface area contributed by atoms with Crippen LogP contribution in [-0.2, 0) is 0 Å². The highest BCUT2D eigenvalue weighted by molar-refractivity contribution is 6.30. The Morgan fingerprint density at radius 3 is 2.71 bits per heavy atom. The standard InChI is InChI=1S/C14H11ClN2/c15-11-2-1-3-12(8-11)17-13-5-4-10-6-7-16-14(10)9-13/h1-9,16-17H. The molecule has 0 aliphatic rings. The summed E-state index contributed by atoms with van der Waals surface area (Å²) in [5.74, 6) is 0. The Bertz CT molecular complexity index is 658. The molecule has 0 bridgehead atoms. The first-order valence-corrected chi connectivity index (χ1v) is 5.79. The van der Waals surface area contributed by atoms with Crippen LogP contribution in [0.4, 0.5) is 11.4 Å². The van der Waals surface area contributed by atoms with Crippen LogP contribution < -0.4 is 5.32 Å². The van der Waals surface area contributed by atoms with Crippen molar-refractivity contribution in [2.45, 2.75) is 0 Å². The fourth-order valence-electron chi connectivity index (χ4n) is 1.86. The summed E-state index contributed by atoms with van der Waals surface area (Å²) in [7, 11) is 0. The van der Waals surface area contributed by atoms with E-state index in [9.17, 15) is 0 Å². The summed E-state index contributed by atoms with van der Waals surface area (Å²) in [6, 6.07) is 16.0. The summed E-state index contributed by atoms with van der Waals surface area (Å²) < 4.78 is 0. The molecule has 2 N–H and O–H groups in total. The summed E-state index contributed by atoms with van der Waals surface area (Å²) in [5, 5.41) is 5.26. The number of H-pyrrole nitrogens is 1. The Kier molecular flexibility index (Phi) is 2.50. The van der Waals surface area contributed by atoms with Crippen molar-refractivity contribution < 1.29 is 0 Å².